The van der Waals surface area contributed by atoms with Crippen molar-refractivity contribution < 1.29 is 13.9 Å². The molecule has 0 spiro atoms. The Morgan fingerprint density at radius 3 is 2.84 bits per heavy atom. The number of carbonyl (C=O) groups excluding carboxylic acids is 1. The van der Waals surface area contributed by atoms with Gasteiger partial charge in [-0.1, -0.05) is 0 Å². The van der Waals surface area contributed by atoms with Crippen LogP contribution >= 0.6 is 11.9 Å². The molecule has 0 atom stereocenters. The quantitative estimate of drug-likeness (QED) is 0.661. The van der Waals surface area contributed by atoms with Crippen LogP contribution in [0.4, 0.5) is 10.3 Å². The highest BCUT2D eigenvalue weighted by atomic mass is 32.2. The molecule has 0 aromatic carbocycles. The van der Waals surface area contributed by atoms with Gasteiger partial charge in [0.2, 0.25) is 5.95 Å². The fourth-order valence-electron chi connectivity index (χ4n) is 1.53. The van der Waals surface area contributed by atoms with Crippen LogP contribution in [0.1, 0.15) is 32.4 Å². The summed E-state index contributed by atoms with van der Waals surface area (Å²) in [6, 6.07) is 0. The van der Waals surface area contributed by atoms with Crippen molar-refractivity contribution in [3.63, 3.8) is 0 Å². The number of halogens is 1. The maximum atomic E-state index is 13.8. The zero-order valence-corrected chi connectivity index (χ0v) is 11.9. The molecular formula is C12H16FN3O2S. The van der Waals surface area contributed by atoms with Gasteiger partial charge in [-0.3, -0.25) is 9.52 Å². The Morgan fingerprint density at radius 1 is 1.58 bits per heavy atom. The summed E-state index contributed by atoms with van der Waals surface area (Å²) in [5.41, 5.74) is -1.11. The first kappa shape index (κ1) is 14.0. The summed E-state index contributed by atoms with van der Waals surface area (Å²) in [4.78, 5) is 19.7. The number of hydrogen-bond donors (Lipinski definition) is 1. The molecule has 1 saturated carbocycles. The van der Waals surface area contributed by atoms with Gasteiger partial charge in [-0.2, -0.15) is 0 Å². The lowest BCUT2D eigenvalue weighted by molar-refractivity contribution is -0.146. The van der Waals surface area contributed by atoms with Gasteiger partial charge in [0, 0.05) is 5.25 Å². The Bertz CT molecular complexity index is 492. The number of nitrogens with one attached hydrogen (secondary N) is 1. The van der Waals surface area contributed by atoms with Crippen LogP contribution in [0.25, 0.3) is 0 Å². The number of hydrogen-bond acceptors (Lipinski definition) is 6. The standard InChI is InChI=1S/C12H16FN3O2S/c1-12(2,10(17)18-3)9-8(13)6-14-11(15-9)16-19-7-4-5-7/h6-7H,4-5H2,1-3H3,(H,14,15,16). The second kappa shape index (κ2) is 5.32. The first-order valence-corrected chi connectivity index (χ1v) is 6.86. The van der Waals surface area contributed by atoms with E-state index in [0.29, 0.717) is 11.2 Å². The lowest BCUT2D eigenvalue weighted by Gasteiger charge is -2.21. The highest BCUT2D eigenvalue weighted by Crippen LogP contribution is 2.34. The van der Waals surface area contributed by atoms with E-state index < -0.39 is 17.2 Å². The first-order chi connectivity index (χ1) is 8.95. The van der Waals surface area contributed by atoms with E-state index in [2.05, 4.69) is 19.4 Å². The monoisotopic (exact) mass is 285 g/mol. The maximum Gasteiger partial charge on any atom is 0.317 e. The summed E-state index contributed by atoms with van der Waals surface area (Å²) < 4.78 is 21.5. The van der Waals surface area contributed by atoms with Gasteiger partial charge >= 0.3 is 5.97 Å². The average molecular weight is 285 g/mol. The Hall–Kier alpha value is -1.37. The van der Waals surface area contributed by atoms with Crippen molar-refractivity contribution in [1.82, 2.24) is 9.97 Å². The molecule has 1 heterocycles. The molecule has 0 aliphatic heterocycles. The van der Waals surface area contributed by atoms with Crippen LogP contribution in [0.2, 0.25) is 0 Å². The number of esters is 1. The van der Waals surface area contributed by atoms with Gasteiger partial charge in [-0.25, -0.2) is 14.4 Å². The first-order valence-electron chi connectivity index (χ1n) is 5.98. The van der Waals surface area contributed by atoms with Crippen molar-refractivity contribution in [2.24, 2.45) is 0 Å². The zero-order chi connectivity index (χ0) is 14.0. The molecule has 0 saturated heterocycles. The Kier molecular flexibility index (Phi) is 3.93. The number of rotatable bonds is 5. The van der Waals surface area contributed by atoms with Gasteiger partial charge in [-0.05, 0) is 38.6 Å². The fourth-order valence-corrected chi connectivity index (χ4v) is 2.27. The third-order valence-electron chi connectivity index (χ3n) is 2.87. The van der Waals surface area contributed by atoms with Gasteiger partial charge in [0.15, 0.2) is 5.82 Å². The van der Waals surface area contributed by atoms with E-state index in [-0.39, 0.29) is 5.69 Å². The van der Waals surface area contributed by atoms with Crippen molar-refractivity contribution in [2.75, 3.05) is 11.8 Å². The third kappa shape index (κ3) is 3.15. The van der Waals surface area contributed by atoms with Gasteiger partial charge in [-0.15, -0.1) is 0 Å². The summed E-state index contributed by atoms with van der Waals surface area (Å²) in [6.07, 6.45) is 3.40. The number of anilines is 1. The second-order valence-corrected chi connectivity index (χ2v) is 6.03. The third-order valence-corrected chi connectivity index (χ3v) is 3.98. The minimum atomic E-state index is -1.15. The van der Waals surface area contributed by atoms with Crippen molar-refractivity contribution in [3.05, 3.63) is 17.7 Å². The highest BCUT2D eigenvalue weighted by molar-refractivity contribution is 8.01. The molecular weight excluding hydrogens is 269 g/mol. The molecule has 0 amide bonds. The lowest BCUT2D eigenvalue weighted by Crippen LogP contribution is -2.32. The average Bonchev–Trinajstić information content (AvgIpc) is 3.20. The number of nitrogens with zero attached hydrogens (tertiary/aromatic N) is 2. The van der Waals surface area contributed by atoms with E-state index in [4.69, 9.17) is 0 Å². The normalized spacial score (nSPS) is 15.2. The topological polar surface area (TPSA) is 64.1 Å². The minimum Gasteiger partial charge on any atom is -0.468 e. The Labute approximate surface area is 115 Å². The summed E-state index contributed by atoms with van der Waals surface area (Å²) in [7, 11) is 1.27. The van der Waals surface area contributed by atoms with Crippen LogP contribution in [0.3, 0.4) is 0 Å². The molecule has 0 radical (unpaired) electrons. The molecule has 5 nitrogen and oxygen atoms in total. The summed E-state index contributed by atoms with van der Waals surface area (Å²) in [5, 5.41) is 0.575. The number of carbonyl (C=O) groups is 1. The summed E-state index contributed by atoms with van der Waals surface area (Å²) in [6.45, 7) is 3.14. The van der Waals surface area contributed by atoms with Crippen LogP contribution in [-0.4, -0.2) is 28.3 Å². The predicted octanol–water partition coefficient (Wildman–Crippen LogP) is 2.29. The minimum absolute atomic E-state index is 0.0354. The van der Waals surface area contributed by atoms with Crippen LogP contribution in [0.15, 0.2) is 6.20 Å². The molecule has 1 aliphatic rings. The molecule has 7 heteroatoms. The second-order valence-electron chi connectivity index (χ2n) is 4.93. The van der Waals surface area contributed by atoms with E-state index in [9.17, 15) is 9.18 Å². The highest BCUT2D eigenvalue weighted by Gasteiger charge is 2.36. The van der Waals surface area contributed by atoms with Gasteiger partial charge < -0.3 is 4.74 Å². The van der Waals surface area contributed by atoms with Crippen molar-refractivity contribution in [2.45, 2.75) is 37.4 Å². The number of ether oxygens (including phenoxy) is 1. The van der Waals surface area contributed by atoms with Crippen molar-refractivity contribution >= 4 is 23.9 Å². The van der Waals surface area contributed by atoms with E-state index >= 15 is 0 Å². The molecule has 1 aromatic heterocycles. The SMILES string of the molecule is COC(=O)C(C)(C)c1nc(NSC2CC2)ncc1F. The van der Waals surface area contributed by atoms with E-state index in [1.54, 1.807) is 13.8 Å². The fraction of sp³-hybridized carbons (Fsp3) is 0.583. The molecule has 1 fully saturated rings. The van der Waals surface area contributed by atoms with Crippen LogP contribution in [0, 0.1) is 5.82 Å². The molecule has 1 aliphatic carbocycles. The van der Waals surface area contributed by atoms with Crippen LogP contribution in [-0.2, 0) is 14.9 Å². The summed E-state index contributed by atoms with van der Waals surface area (Å²) in [5.74, 6) is -0.839. The van der Waals surface area contributed by atoms with E-state index in [0.717, 1.165) is 6.20 Å². The van der Waals surface area contributed by atoms with Crippen LogP contribution in [0.5, 0.6) is 0 Å². The molecule has 0 unspecified atom stereocenters. The summed E-state index contributed by atoms with van der Waals surface area (Å²) >= 11 is 1.52. The van der Waals surface area contributed by atoms with Gasteiger partial charge in [0.25, 0.3) is 0 Å². The van der Waals surface area contributed by atoms with Gasteiger partial charge in [0.1, 0.15) is 5.41 Å². The van der Waals surface area contributed by atoms with Crippen molar-refractivity contribution in [1.29, 1.82) is 0 Å². The predicted molar refractivity (Wildman–Crippen MR) is 71.3 cm³/mol. The van der Waals surface area contributed by atoms with Crippen LogP contribution < -0.4 is 4.72 Å². The number of methoxy groups -OCH3 is 1. The van der Waals surface area contributed by atoms with E-state index in [1.807, 2.05) is 0 Å². The van der Waals surface area contributed by atoms with Crippen molar-refractivity contribution in [3.8, 4) is 0 Å². The molecule has 1 aromatic rings. The molecule has 2 rings (SSSR count). The molecule has 1 N–H and O–H groups in total. The molecule has 104 valence electrons. The van der Waals surface area contributed by atoms with E-state index in [1.165, 1.54) is 31.9 Å². The smallest absolute Gasteiger partial charge is 0.317 e. The Morgan fingerprint density at radius 2 is 2.26 bits per heavy atom. The molecule has 0 bridgehead atoms. The molecule has 19 heavy (non-hydrogen) atoms. The Balaban J connectivity index is 2.22. The maximum absolute atomic E-state index is 13.8. The lowest BCUT2D eigenvalue weighted by atomic mass is 9.89. The zero-order valence-electron chi connectivity index (χ0n) is 11.1. The number of aromatic nitrogens is 2. The largest absolute Gasteiger partial charge is 0.468 e. The van der Waals surface area contributed by atoms with Gasteiger partial charge in [0.05, 0.1) is 19.0 Å².